The van der Waals surface area contributed by atoms with Gasteiger partial charge < -0.3 is 40.2 Å². The summed E-state index contributed by atoms with van der Waals surface area (Å²) in [6.07, 6.45) is 17.7. The molecule has 61 heavy (non-hydrogen) atoms. The topological polar surface area (TPSA) is 149 Å². The van der Waals surface area contributed by atoms with Gasteiger partial charge in [0.05, 0.1) is 10.8 Å². The van der Waals surface area contributed by atoms with Crippen molar-refractivity contribution in [2.45, 2.75) is 70.1 Å². The average Bonchev–Trinajstić information content (AvgIpc) is 4.09. The van der Waals surface area contributed by atoms with Gasteiger partial charge in [-0.2, -0.15) is 0 Å². The Morgan fingerprint density at radius 1 is 0.590 bits per heavy atom. The van der Waals surface area contributed by atoms with Crippen molar-refractivity contribution in [2.24, 2.45) is 11.8 Å². The summed E-state index contributed by atoms with van der Waals surface area (Å²) in [5.41, 5.74) is 19.6. The molecule has 2 aliphatic heterocycles. The maximum absolute atomic E-state index is 9.89. The molecule has 6 heterocycles. The van der Waals surface area contributed by atoms with Crippen LogP contribution in [0.2, 0.25) is 0 Å². The van der Waals surface area contributed by atoms with Crippen molar-refractivity contribution in [3.8, 4) is 33.8 Å². The van der Waals surface area contributed by atoms with Crippen LogP contribution in [0.15, 0.2) is 104 Å². The molecular formula is C49H56N10O2. The Bertz CT molecular complexity index is 2600. The number of nitrogens with zero attached hydrogens (tertiary/aromatic N) is 8. The molecule has 2 aliphatic carbocycles. The van der Waals surface area contributed by atoms with E-state index >= 15 is 0 Å². The van der Waals surface area contributed by atoms with Gasteiger partial charge in [-0.15, -0.1) is 0 Å². The molecule has 314 valence electrons. The predicted molar refractivity (Wildman–Crippen MR) is 242 cm³/mol. The molecule has 0 spiro atoms. The monoisotopic (exact) mass is 816 g/mol. The molecule has 4 aromatic heterocycles. The van der Waals surface area contributed by atoms with Gasteiger partial charge in [0.2, 0.25) is 0 Å². The van der Waals surface area contributed by atoms with Gasteiger partial charge in [0, 0.05) is 48.7 Å². The Morgan fingerprint density at radius 3 is 1.62 bits per heavy atom. The van der Waals surface area contributed by atoms with Crippen molar-refractivity contribution in [1.29, 1.82) is 0 Å². The van der Waals surface area contributed by atoms with Crippen LogP contribution in [0, 0.1) is 11.8 Å². The molecule has 2 saturated heterocycles. The first-order valence-electron chi connectivity index (χ1n) is 22.2. The number of rotatable bonds is 11. The minimum atomic E-state index is 0.248. The lowest BCUT2D eigenvalue weighted by Crippen LogP contribution is -2.35. The Kier molecular flexibility index (Phi) is 11.0. The minimum absolute atomic E-state index is 0.248. The van der Waals surface area contributed by atoms with Crippen LogP contribution < -0.4 is 16.2 Å². The first-order chi connectivity index (χ1) is 29.9. The molecule has 0 amide bonds. The summed E-state index contributed by atoms with van der Waals surface area (Å²) in [6.45, 7) is 8.07. The van der Waals surface area contributed by atoms with Gasteiger partial charge in [-0.3, -0.25) is 0 Å². The van der Waals surface area contributed by atoms with Crippen LogP contribution in [0.4, 0.5) is 11.6 Å². The molecule has 12 nitrogen and oxygen atoms in total. The number of phenolic OH excluding ortho intramolecular Hbond substituents is 1. The SMILES string of the molecule is Nc1ncnc2c1c(-c1cccc(O)c1)cn2C1CC(CN2CCCC2)C1.Nc1ncnc2c1c(-c1cccc(OCc3ccccc3)c1)cn2C1CC(CN2CCCC2)C1. The molecule has 0 atom stereocenters. The van der Waals surface area contributed by atoms with Crippen LogP contribution >= 0.6 is 0 Å². The van der Waals surface area contributed by atoms with E-state index in [9.17, 15) is 5.11 Å². The summed E-state index contributed by atoms with van der Waals surface area (Å²) in [4.78, 5) is 22.9. The highest BCUT2D eigenvalue weighted by molar-refractivity contribution is 6.01. The molecule has 4 aliphatic rings. The third kappa shape index (κ3) is 8.26. The fourth-order valence-corrected chi connectivity index (χ4v) is 10.2. The number of ether oxygens (including phenoxy) is 1. The lowest BCUT2D eigenvalue weighted by molar-refractivity contribution is 0.145. The van der Waals surface area contributed by atoms with Gasteiger partial charge in [0.15, 0.2) is 0 Å². The zero-order valence-corrected chi connectivity index (χ0v) is 34.8. The van der Waals surface area contributed by atoms with Crippen molar-refractivity contribution in [2.75, 3.05) is 50.7 Å². The highest BCUT2D eigenvalue weighted by Gasteiger charge is 2.35. The number of likely N-dealkylation sites (tertiary alicyclic amines) is 2. The second-order valence-electron chi connectivity index (χ2n) is 17.7. The number of nitrogen functional groups attached to an aromatic ring is 2. The summed E-state index contributed by atoms with van der Waals surface area (Å²) in [7, 11) is 0. The maximum atomic E-state index is 9.89. The largest absolute Gasteiger partial charge is 0.508 e. The number of fused-ring (bicyclic) bond motifs is 2. The summed E-state index contributed by atoms with van der Waals surface area (Å²) >= 11 is 0. The van der Waals surface area contributed by atoms with Crippen molar-refractivity contribution in [1.82, 2.24) is 38.9 Å². The fraction of sp³-hybridized carbons (Fsp3) is 0.388. The van der Waals surface area contributed by atoms with Crippen LogP contribution in [-0.2, 0) is 6.61 Å². The van der Waals surface area contributed by atoms with Gasteiger partial charge in [0.25, 0.3) is 0 Å². The smallest absolute Gasteiger partial charge is 0.146 e. The van der Waals surface area contributed by atoms with Crippen molar-refractivity contribution < 1.29 is 9.84 Å². The van der Waals surface area contributed by atoms with Crippen LogP contribution in [0.5, 0.6) is 11.5 Å². The Balaban J connectivity index is 0.000000150. The van der Waals surface area contributed by atoms with Gasteiger partial charge in [-0.25, -0.2) is 19.9 Å². The Labute approximate surface area is 357 Å². The molecule has 0 bridgehead atoms. The predicted octanol–water partition coefficient (Wildman–Crippen LogP) is 8.74. The number of hydrogen-bond donors (Lipinski definition) is 3. The standard InChI is InChI=1S/C28H31N5O.C21H25N5O/c29-27-26-25(22-9-6-10-24(15-22)34-18-20-7-2-1-3-8-20)17-33(28(26)31-19-30-27)23-13-21(14-23)16-32-11-4-5-12-32;22-20-19-18(15-4-3-5-17(27)10-15)12-26(21(19)24-13-23-20)16-8-14(9-16)11-25-6-1-2-7-25/h1-3,6-10,15,17,19,21,23H,4-5,11-14,16,18H2,(H2,29,30,31);3-5,10,12-14,16,27H,1-2,6-9,11H2,(H2,22,23,24). The number of phenols is 1. The van der Waals surface area contributed by atoms with E-state index in [2.05, 4.69) is 75.5 Å². The normalized spacial score (nSPS) is 21.6. The van der Waals surface area contributed by atoms with E-state index in [0.29, 0.717) is 30.3 Å². The van der Waals surface area contributed by atoms with Crippen LogP contribution in [0.25, 0.3) is 44.3 Å². The van der Waals surface area contributed by atoms with E-state index in [-0.39, 0.29) is 5.75 Å². The molecule has 7 aromatic rings. The quantitative estimate of drug-likeness (QED) is 0.116. The summed E-state index contributed by atoms with van der Waals surface area (Å²) in [6, 6.07) is 26.7. The lowest BCUT2D eigenvalue weighted by atomic mass is 9.79. The second kappa shape index (κ2) is 17.2. The molecule has 2 saturated carbocycles. The highest BCUT2D eigenvalue weighted by atomic mass is 16.5. The van der Waals surface area contributed by atoms with Gasteiger partial charge >= 0.3 is 0 Å². The Morgan fingerprint density at radius 2 is 1.10 bits per heavy atom. The number of anilines is 2. The fourth-order valence-electron chi connectivity index (χ4n) is 10.2. The number of benzene rings is 3. The molecular weight excluding hydrogens is 761 g/mol. The van der Waals surface area contributed by atoms with Crippen molar-refractivity contribution in [3.63, 3.8) is 0 Å². The van der Waals surface area contributed by atoms with Gasteiger partial charge in [-0.1, -0.05) is 54.6 Å². The molecule has 4 fully saturated rings. The summed E-state index contributed by atoms with van der Waals surface area (Å²) in [5.74, 6) is 3.66. The van der Waals surface area contributed by atoms with Crippen molar-refractivity contribution in [3.05, 3.63) is 109 Å². The number of aromatic hydroxyl groups is 1. The minimum Gasteiger partial charge on any atom is -0.508 e. The van der Waals surface area contributed by atoms with Gasteiger partial charge in [-0.05, 0) is 130 Å². The molecule has 5 N–H and O–H groups in total. The third-order valence-electron chi connectivity index (χ3n) is 13.5. The van der Waals surface area contributed by atoms with E-state index in [1.807, 2.05) is 42.5 Å². The second-order valence-corrected chi connectivity index (χ2v) is 17.7. The van der Waals surface area contributed by atoms with Crippen LogP contribution in [-0.4, -0.2) is 83.2 Å². The van der Waals surface area contributed by atoms with Gasteiger partial charge in [0.1, 0.15) is 53.7 Å². The third-order valence-corrected chi connectivity index (χ3v) is 13.5. The van der Waals surface area contributed by atoms with Crippen molar-refractivity contribution >= 4 is 33.7 Å². The van der Waals surface area contributed by atoms with E-state index in [1.54, 1.807) is 24.8 Å². The lowest BCUT2D eigenvalue weighted by Gasteiger charge is -2.38. The molecule has 11 rings (SSSR count). The number of hydrogen-bond acceptors (Lipinski definition) is 10. The van der Waals surface area contributed by atoms with Crippen LogP contribution in [0.1, 0.15) is 69.0 Å². The number of aromatic nitrogens is 6. The zero-order chi connectivity index (χ0) is 41.3. The molecule has 0 unspecified atom stereocenters. The molecule has 12 heteroatoms. The van der Waals surface area contributed by atoms with E-state index < -0.39 is 0 Å². The summed E-state index contributed by atoms with van der Waals surface area (Å²) in [5, 5.41) is 11.7. The average molecular weight is 817 g/mol. The van der Waals surface area contributed by atoms with E-state index in [4.69, 9.17) is 16.2 Å². The first kappa shape index (κ1) is 39.2. The molecule has 0 radical (unpaired) electrons. The first-order valence-corrected chi connectivity index (χ1v) is 22.2. The van der Waals surface area contributed by atoms with E-state index in [1.165, 1.54) is 90.6 Å². The number of nitrogens with two attached hydrogens (primary N) is 2. The van der Waals surface area contributed by atoms with Crippen LogP contribution in [0.3, 0.4) is 0 Å². The summed E-state index contributed by atoms with van der Waals surface area (Å²) < 4.78 is 10.7. The molecule has 3 aromatic carbocycles. The maximum Gasteiger partial charge on any atom is 0.146 e. The Hall–Kier alpha value is -5.98. The highest BCUT2D eigenvalue weighted by Crippen LogP contribution is 2.45. The zero-order valence-electron chi connectivity index (χ0n) is 34.8. The van der Waals surface area contributed by atoms with E-state index in [0.717, 1.165) is 67.5 Å².